The van der Waals surface area contributed by atoms with Crippen molar-refractivity contribution < 1.29 is 4.74 Å². The summed E-state index contributed by atoms with van der Waals surface area (Å²) < 4.78 is 5.38. The first-order chi connectivity index (χ1) is 5.33. The molecule has 0 saturated heterocycles. The zero-order valence-corrected chi connectivity index (χ0v) is 9.11. The van der Waals surface area contributed by atoms with Gasteiger partial charge in [0.2, 0.25) is 0 Å². The van der Waals surface area contributed by atoms with Crippen molar-refractivity contribution in [2.45, 2.75) is 46.1 Å². The Balaban J connectivity index is 4.04. The Morgan fingerprint density at radius 1 is 1.17 bits per heavy atom. The summed E-state index contributed by atoms with van der Waals surface area (Å²) in [6, 6.07) is 0. The molecule has 0 amide bonds. The average Bonchev–Trinajstić information content (AvgIpc) is 1.85. The van der Waals surface area contributed by atoms with E-state index in [1.54, 1.807) is 7.11 Å². The maximum absolute atomic E-state index is 5.53. The normalized spacial score (nSPS) is 13.5. The lowest BCUT2D eigenvalue weighted by Gasteiger charge is -2.33. The molecule has 0 heterocycles. The lowest BCUT2D eigenvalue weighted by Crippen LogP contribution is -2.31. The van der Waals surface area contributed by atoms with Crippen LogP contribution in [0.1, 0.15) is 40.5 Å². The molecule has 0 aromatic carbocycles. The molecule has 0 fully saturated rings. The second kappa shape index (κ2) is 4.24. The van der Waals surface area contributed by atoms with Gasteiger partial charge in [0.15, 0.2) is 0 Å². The van der Waals surface area contributed by atoms with E-state index in [9.17, 15) is 0 Å². The molecular weight excluding hydrogens is 150 g/mol. The molecule has 0 aromatic rings. The molecule has 12 heavy (non-hydrogen) atoms. The van der Waals surface area contributed by atoms with Crippen molar-refractivity contribution in [1.29, 1.82) is 0 Å². The number of ether oxygens (including phenoxy) is 1. The second-order valence-corrected chi connectivity index (χ2v) is 4.84. The summed E-state index contributed by atoms with van der Waals surface area (Å²) >= 11 is 0. The van der Waals surface area contributed by atoms with Gasteiger partial charge in [-0.05, 0) is 38.6 Å². The van der Waals surface area contributed by atoms with Gasteiger partial charge in [-0.15, -0.1) is 0 Å². The van der Waals surface area contributed by atoms with Crippen LogP contribution in [-0.2, 0) is 4.74 Å². The molecule has 0 unspecified atom stereocenters. The molecule has 0 saturated carbocycles. The molecule has 2 N–H and O–H groups in total. The summed E-state index contributed by atoms with van der Waals surface area (Å²) in [5, 5.41) is 0. The van der Waals surface area contributed by atoms with Crippen LogP contribution < -0.4 is 5.73 Å². The van der Waals surface area contributed by atoms with Crippen LogP contribution in [-0.4, -0.2) is 19.3 Å². The summed E-state index contributed by atoms with van der Waals surface area (Å²) in [5.41, 5.74) is 5.79. The molecular formula is C10H23NO. The molecule has 0 radical (unpaired) electrons. The lowest BCUT2D eigenvalue weighted by atomic mass is 9.79. The van der Waals surface area contributed by atoms with Crippen molar-refractivity contribution in [1.82, 2.24) is 0 Å². The van der Waals surface area contributed by atoms with E-state index in [4.69, 9.17) is 10.5 Å². The molecule has 74 valence electrons. The standard InChI is InChI=1S/C10H23NO/c1-9(2,6-7-11)8-10(3,4)12-5/h6-8,11H2,1-5H3. The van der Waals surface area contributed by atoms with Gasteiger partial charge < -0.3 is 10.5 Å². The van der Waals surface area contributed by atoms with Crippen molar-refractivity contribution >= 4 is 0 Å². The minimum atomic E-state index is -0.0291. The highest BCUT2D eigenvalue weighted by Crippen LogP contribution is 2.32. The topological polar surface area (TPSA) is 35.2 Å². The van der Waals surface area contributed by atoms with Crippen molar-refractivity contribution in [3.05, 3.63) is 0 Å². The highest BCUT2D eigenvalue weighted by molar-refractivity contribution is 4.79. The summed E-state index contributed by atoms with van der Waals surface area (Å²) in [6.07, 6.45) is 2.10. The zero-order chi connectivity index (χ0) is 9.83. The van der Waals surface area contributed by atoms with Crippen LogP contribution in [0.15, 0.2) is 0 Å². The smallest absolute Gasteiger partial charge is 0.0627 e. The van der Waals surface area contributed by atoms with E-state index in [-0.39, 0.29) is 11.0 Å². The van der Waals surface area contributed by atoms with E-state index < -0.39 is 0 Å². The highest BCUT2D eigenvalue weighted by atomic mass is 16.5. The highest BCUT2D eigenvalue weighted by Gasteiger charge is 2.27. The van der Waals surface area contributed by atoms with Gasteiger partial charge in [0.05, 0.1) is 5.60 Å². The van der Waals surface area contributed by atoms with Crippen LogP contribution in [0.25, 0.3) is 0 Å². The summed E-state index contributed by atoms with van der Waals surface area (Å²) in [4.78, 5) is 0. The Morgan fingerprint density at radius 3 is 2.00 bits per heavy atom. The third-order valence-corrected chi connectivity index (χ3v) is 2.28. The SMILES string of the molecule is COC(C)(C)CC(C)(C)CCN. The van der Waals surface area contributed by atoms with Gasteiger partial charge >= 0.3 is 0 Å². The number of hydrogen-bond acceptors (Lipinski definition) is 2. The van der Waals surface area contributed by atoms with Crippen LogP contribution in [0.3, 0.4) is 0 Å². The first kappa shape index (κ1) is 11.9. The maximum atomic E-state index is 5.53. The Morgan fingerprint density at radius 2 is 1.67 bits per heavy atom. The van der Waals surface area contributed by atoms with Crippen LogP contribution >= 0.6 is 0 Å². The molecule has 0 rings (SSSR count). The minimum absolute atomic E-state index is 0.0291. The average molecular weight is 173 g/mol. The number of methoxy groups -OCH3 is 1. The predicted molar refractivity (Wildman–Crippen MR) is 53.2 cm³/mol. The van der Waals surface area contributed by atoms with Crippen LogP contribution in [0.4, 0.5) is 0 Å². The maximum Gasteiger partial charge on any atom is 0.0627 e. The fraction of sp³-hybridized carbons (Fsp3) is 1.00. The molecule has 0 bridgehead atoms. The first-order valence-corrected chi connectivity index (χ1v) is 4.58. The summed E-state index contributed by atoms with van der Waals surface area (Å²) in [7, 11) is 1.76. The summed E-state index contributed by atoms with van der Waals surface area (Å²) in [6.45, 7) is 9.46. The molecule has 0 atom stereocenters. The molecule has 0 aliphatic rings. The lowest BCUT2D eigenvalue weighted by molar-refractivity contribution is -0.0141. The van der Waals surface area contributed by atoms with Crippen molar-refractivity contribution in [3.8, 4) is 0 Å². The van der Waals surface area contributed by atoms with Crippen molar-refractivity contribution in [2.75, 3.05) is 13.7 Å². The van der Waals surface area contributed by atoms with E-state index in [1.807, 2.05) is 0 Å². The van der Waals surface area contributed by atoms with E-state index in [0.717, 1.165) is 19.4 Å². The minimum Gasteiger partial charge on any atom is -0.379 e. The third-order valence-electron chi connectivity index (χ3n) is 2.28. The van der Waals surface area contributed by atoms with Crippen molar-refractivity contribution in [2.24, 2.45) is 11.1 Å². The Kier molecular flexibility index (Phi) is 4.21. The third kappa shape index (κ3) is 4.73. The number of hydrogen-bond donors (Lipinski definition) is 1. The molecule has 0 aliphatic carbocycles. The molecule has 2 heteroatoms. The van der Waals surface area contributed by atoms with E-state index in [2.05, 4.69) is 27.7 Å². The second-order valence-electron chi connectivity index (χ2n) is 4.84. The molecule has 2 nitrogen and oxygen atoms in total. The number of rotatable bonds is 5. The zero-order valence-electron chi connectivity index (χ0n) is 9.11. The Hall–Kier alpha value is -0.0800. The first-order valence-electron chi connectivity index (χ1n) is 4.58. The van der Waals surface area contributed by atoms with Gasteiger partial charge in [-0.1, -0.05) is 13.8 Å². The monoisotopic (exact) mass is 173 g/mol. The molecule has 0 aliphatic heterocycles. The van der Waals surface area contributed by atoms with Gasteiger partial charge in [0.25, 0.3) is 0 Å². The Bertz CT molecular complexity index is 130. The van der Waals surface area contributed by atoms with Crippen molar-refractivity contribution in [3.63, 3.8) is 0 Å². The molecule has 0 aromatic heterocycles. The predicted octanol–water partition coefficient (Wildman–Crippen LogP) is 2.18. The fourth-order valence-corrected chi connectivity index (χ4v) is 1.70. The van der Waals surface area contributed by atoms with Crippen LogP contribution in [0.5, 0.6) is 0 Å². The van der Waals surface area contributed by atoms with Gasteiger partial charge in [-0.25, -0.2) is 0 Å². The van der Waals surface area contributed by atoms with Gasteiger partial charge in [-0.3, -0.25) is 0 Å². The number of nitrogens with two attached hydrogens (primary N) is 1. The van der Waals surface area contributed by atoms with E-state index >= 15 is 0 Å². The van der Waals surface area contributed by atoms with Gasteiger partial charge in [0.1, 0.15) is 0 Å². The van der Waals surface area contributed by atoms with Crippen LogP contribution in [0.2, 0.25) is 0 Å². The van der Waals surface area contributed by atoms with Gasteiger partial charge in [0, 0.05) is 7.11 Å². The van der Waals surface area contributed by atoms with E-state index in [1.165, 1.54) is 0 Å². The quantitative estimate of drug-likeness (QED) is 0.691. The Labute approximate surface area is 76.5 Å². The van der Waals surface area contributed by atoms with Crippen LogP contribution in [0, 0.1) is 5.41 Å². The summed E-state index contributed by atoms with van der Waals surface area (Å²) in [5.74, 6) is 0. The molecule has 0 spiro atoms. The largest absolute Gasteiger partial charge is 0.379 e. The fourth-order valence-electron chi connectivity index (χ4n) is 1.70. The van der Waals surface area contributed by atoms with Gasteiger partial charge in [-0.2, -0.15) is 0 Å². The van der Waals surface area contributed by atoms with E-state index in [0.29, 0.717) is 0 Å².